The number of nitriles is 1. The number of nitrogens with one attached hydrogen (secondary N) is 1. The molecule has 0 saturated carbocycles. The summed E-state index contributed by atoms with van der Waals surface area (Å²) >= 11 is 1.48. The van der Waals surface area contributed by atoms with Crippen LogP contribution in [-0.4, -0.2) is 30.6 Å². The van der Waals surface area contributed by atoms with Crippen molar-refractivity contribution in [3.05, 3.63) is 11.3 Å². The summed E-state index contributed by atoms with van der Waals surface area (Å²) < 4.78 is 4.34. The number of aromatic nitrogens is 1. The van der Waals surface area contributed by atoms with Crippen LogP contribution >= 0.6 is 11.5 Å². The standard InChI is InChI=1S/C13H18N4S/c1-10-11(7-14)12(18-16-10)17-6-2-3-13(9-17)4-5-15-8-13/h15H,2-6,8-9H2,1H3. The van der Waals surface area contributed by atoms with Gasteiger partial charge in [-0.15, -0.1) is 0 Å². The lowest BCUT2D eigenvalue weighted by Gasteiger charge is -2.40. The molecule has 3 heterocycles. The van der Waals surface area contributed by atoms with Gasteiger partial charge in [-0.05, 0) is 44.3 Å². The second kappa shape index (κ2) is 4.52. The van der Waals surface area contributed by atoms with Gasteiger partial charge in [0.2, 0.25) is 0 Å². The fourth-order valence-electron chi connectivity index (χ4n) is 3.23. The maximum atomic E-state index is 9.25. The molecule has 2 aliphatic heterocycles. The van der Waals surface area contributed by atoms with Crippen LogP contribution in [0.5, 0.6) is 0 Å². The average Bonchev–Trinajstić information content (AvgIpc) is 2.96. The average molecular weight is 262 g/mol. The Kier molecular flexibility index (Phi) is 3.00. The monoisotopic (exact) mass is 262 g/mol. The molecule has 1 unspecified atom stereocenters. The summed E-state index contributed by atoms with van der Waals surface area (Å²) in [4.78, 5) is 2.39. The first-order valence-corrected chi connectivity index (χ1v) is 7.33. The summed E-state index contributed by atoms with van der Waals surface area (Å²) in [7, 11) is 0. The van der Waals surface area contributed by atoms with Crippen LogP contribution in [0.4, 0.5) is 5.00 Å². The van der Waals surface area contributed by atoms with Crippen molar-refractivity contribution < 1.29 is 0 Å². The van der Waals surface area contributed by atoms with Crippen molar-refractivity contribution in [3.63, 3.8) is 0 Å². The number of nitrogens with zero attached hydrogens (tertiary/aromatic N) is 3. The third-order valence-electron chi connectivity index (χ3n) is 4.24. The van der Waals surface area contributed by atoms with Gasteiger partial charge in [-0.25, -0.2) is 0 Å². The first kappa shape index (κ1) is 11.9. The van der Waals surface area contributed by atoms with Gasteiger partial charge < -0.3 is 10.2 Å². The van der Waals surface area contributed by atoms with E-state index in [2.05, 4.69) is 20.7 Å². The van der Waals surface area contributed by atoms with Gasteiger partial charge in [0.1, 0.15) is 16.6 Å². The van der Waals surface area contributed by atoms with Crippen LogP contribution in [0, 0.1) is 23.7 Å². The Balaban J connectivity index is 1.86. The molecule has 0 amide bonds. The molecular formula is C13H18N4S. The van der Waals surface area contributed by atoms with Crippen molar-refractivity contribution >= 4 is 16.5 Å². The van der Waals surface area contributed by atoms with Gasteiger partial charge in [0.25, 0.3) is 0 Å². The highest BCUT2D eigenvalue weighted by atomic mass is 32.1. The highest BCUT2D eigenvalue weighted by Crippen LogP contribution is 2.39. The lowest BCUT2D eigenvalue weighted by atomic mass is 9.79. The lowest BCUT2D eigenvalue weighted by Crippen LogP contribution is -2.44. The van der Waals surface area contributed by atoms with E-state index in [9.17, 15) is 5.26 Å². The molecular weight excluding hydrogens is 244 g/mol. The predicted molar refractivity (Wildman–Crippen MR) is 72.9 cm³/mol. The summed E-state index contributed by atoms with van der Waals surface area (Å²) in [5.41, 5.74) is 2.09. The minimum Gasteiger partial charge on any atom is -0.360 e. The third kappa shape index (κ3) is 1.90. The molecule has 3 rings (SSSR count). The minimum atomic E-state index is 0.433. The summed E-state index contributed by atoms with van der Waals surface area (Å²) in [6.45, 7) is 6.34. The Hall–Kier alpha value is -1.12. The Morgan fingerprint density at radius 1 is 1.50 bits per heavy atom. The molecule has 1 aromatic heterocycles. The van der Waals surface area contributed by atoms with Crippen LogP contribution < -0.4 is 10.2 Å². The van der Waals surface area contributed by atoms with Crippen LogP contribution in [0.25, 0.3) is 0 Å². The highest BCUT2D eigenvalue weighted by Gasteiger charge is 2.38. The first-order valence-electron chi connectivity index (χ1n) is 6.56. The van der Waals surface area contributed by atoms with Crippen LogP contribution in [0.3, 0.4) is 0 Å². The molecule has 0 radical (unpaired) electrons. The van der Waals surface area contributed by atoms with Crippen molar-refractivity contribution in [1.82, 2.24) is 9.69 Å². The van der Waals surface area contributed by atoms with E-state index in [0.29, 0.717) is 5.41 Å². The van der Waals surface area contributed by atoms with Crippen LogP contribution in [0.2, 0.25) is 0 Å². The molecule has 1 spiro atoms. The Bertz CT molecular complexity index is 482. The molecule has 1 aromatic rings. The maximum absolute atomic E-state index is 9.25. The molecule has 0 bridgehead atoms. The Morgan fingerprint density at radius 2 is 2.39 bits per heavy atom. The van der Waals surface area contributed by atoms with Gasteiger partial charge in [-0.2, -0.15) is 9.64 Å². The van der Waals surface area contributed by atoms with E-state index in [1.165, 1.54) is 30.8 Å². The van der Waals surface area contributed by atoms with Crippen LogP contribution in [-0.2, 0) is 0 Å². The normalized spacial score (nSPS) is 27.7. The highest BCUT2D eigenvalue weighted by molar-refractivity contribution is 7.10. The van der Waals surface area contributed by atoms with Gasteiger partial charge in [-0.1, -0.05) is 0 Å². The number of hydrogen-bond donors (Lipinski definition) is 1. The topological polar surface area (TPSA) is 52.0 Å². The molecule has 2 saturated heterocycles. The summed E-state index contributed by atoms with van der Waals surface area (Å²) in [5, 5.41) is 13.8. The van der Waals surface area contributed by atoms with Crippen LogP contribution in [0.15, 0.2) is 0 Å². The van der Waals surface area contributed by atoms with Crippen LogP contribution in [0.1, 0.15) is 30.5 Å². The molecule has 5 heteroatoms. The number of anilines is 1. The lowest BCUT2D eigenvalue weighted by molar-refractivity contribution is 0.261. The van der Waals surface area contributed by atoms with Crippen molar-refractivity contribution in [2.45, 2.75) is 26.2 Å². The number of hydrogen-bond acceptors (Lipinski definition) is 5. The zero-order valence-electron chi connectivity index (χ0n) is 10.7. The van der Waals surface area contributed by atoms with Crippen molar-refractivity contribution in [1.29, 1.82) is 5.26 Å². The van der Waals surface area contributed by atoms with Gasteiger partial charge in [0, 0.05) is 25.0 Å². The minimum absolute atomic E-state index is 0.433. The van der Waals surface area contributed by atoms with E-state index >= 15 is 0 Å². The molecule has 18 heavy (non-hydrogen) atoms. The third-order valence-corrected chi connectivity index (χ3v) is 5.24. The van der Waals surface area contributed by atoms with E-state index in [1.54, 1.807) is 0 Å². The van der Waals surface area contributed by atoms with E-state index in [1.807, 2.05) is 6.92 Å². The first-order chi connectivity index (χ1) is 8.74. The quantitative estimate of drug-likeness (QED) is 0.840. The summed E-state index contributed by atoms with van der Waals surface area (Å²) in [5.74, 6) is 0. The number of rotatable bonds is 1. The number of aryl methyl sites for hydroxylation is 1. The molecule has 1 atom stereocenters. The largest absolute Gasteiger partial charge is 0.360 e. The van der Waals surface area contributed by atoms with Crippen molar-refractivity contribution in [2.24, 2.45) is 5.41 Å². The van der Waals surface area contributed by atoms with Crippen molar-refractivity contribution in [2.75, 3.05) is 31.1 Å². The molecule has 96 valence electrons. The summed E-state index contributed by atoms with van der Waals surface area (Å²) in [6.07, 6.45) is 3.81. The molecule has 0 aliphatic carbocycles. The number of piperidine rings is 1. The van der Waals surface area contributed by atoms with Crippen molar-refractivity contribution in [3.8, 4) is 6.07 Å². The summed E-state index contributed by atoms with van der Waals surface area (Å²) in [6, 6.07) is 2.31. The molecule has 2 fully saturated rings. The molecule has 1 N–H and O–H groups in total. The van der Waals surface area contributed by atoms with Gasteiger partial charge in [0.05, 0.1) is 5.69 Å². The van der Waals surface area contributed by atoms with E-state index in [-0.39, 0.29) is 0 Å². The predicted octanol–water partition coefficient (Wildman–Crippen LogP) is 1.90. The van der Waals surface area contributed by atoms with E-state index < -0.39 is 0 Å². The second-order valence-electron chi connectivity index (χ2n) is 5.51. The Labute approximate surface area is 112 Å². The molecule has 4 nitrogen and oxygen atoms in total. The van der Waals surface area contributed by atoms with Gasteiger partial charge in [0.15, 0.2) is 0 Å². The second-order valence-corrected chi connectivity index (χ2v) is 6.26. The Morgan fingerprint density at radius 3 is 3.11 bits per heavy atom. The SMILES string of the molecule is Cc1nsc(N2CCCC3(CCNC3)C2)c1C#N. The smallest absolute Gasteiger partial charge is 0.130 e. The van der Waals surface area contributed by atoms with Gasteiger partial charge in [-0.3, -0.25) is 0 Å². The zero-order chi connectivity index (χ0) is 12.6. The molecule has 2 aliphatic rings. The van der Waals surface area contributed by atoms with E-state index in [4.69, 9.17) is 0 Å². The van der Waals surface area contributed by atoms with Gasteiger partial charge >= 0.3 is 0 Å². The maximum Gasteiger partial charge on any atom is 0.130 e. The fourth-order valence-corrected chi connectivity index (χ4v) is 4.10. The zero-order valence-corrected chi connectivity index (χ0v) is 11.5. The fraction of sp³-hybridized carbons (Fsp3) is 0.692. The molecule has 0 aromatic carbocycles. The van der Waals surface area contributed by atoms with E-state index in [0.717, 1.165) is 42.4 Å².